The number of nitrogens with zero attached hydrogens (tertiary/aromatic N) is 1. The van der Waals surface area contributed by atoms with Gasteiger partial charge in [-0.25, -0.2) is 0 Å². The largest absolute Gasteiger partial charge is 0.324 e. The van der Waals surface area contributed by atoms with E-state index in [-0.39, 0.29) is 19.0 Å². The molecule has 1 saturated heterocycles. The molecule has 0 aromatic heterocycles. The monoisotopic (exact) mass is 317 g/mol. The number of amides is 1. The van der Waals surface area contributed by atoms with E-state index in [0.29, 0.717) is 24.9 Å². The van der Waals surface area contributed by atoms with Crippen LogP contribution in [0, 0.1) is 13.8 Å². The Morgan fingerprint density at radius 3 is 2.81 bits per heavy atom. The summed E-state index contributed by atoms with van der Waals surface area (Å²) in [5.41, 5.74) is 2.38. The van der Waals surface area contributed by atoms with E-state index in [0.717, 1.165) is 16.0 Å². The van der Waals surface area contributed by atoms with E-state index in [1.165, 1.54) is 0 Å². The Kier molecular flexibility index (Phi) is 3.94. The van der Waals surface area contributed by atoms with Crippen molar-refractivity contribution in [1.82, 2.24) is 4.90 Å². The quantitative estimate of drug-likeness (QED) is 0.912. The van der Waals surface area contributed by atoms with Crippen molar-refractivity contribution in [2.24, 2.45) is 0 Å². The second kappa shape index (κ2) is 8.40. The smallest absolute Gasteiger partial charge is 0.241 e. The SMILES string of the molecule is Cl.[2H]C([2H])([2H])C([2H])([2H])C([2H])([2H])N1CCCC[C@@H]1C(=O)Nc1c(C)cccc1C. The fourth-order valence-corrected chi connectivity index (χ4v) is 2.63. The highest BCUT2D eigenvalue weighted by Crippen LogP contribution is 2.23. The lowest BCUT2D eigenvalue weighted by atomic mass is 10.0. The minimum atomic E-state index is -3.15. The van der Waals surface area contributed by atoms with Crippen molar-refractivity contribution in [1.29, 1.82) is 0 Å². The molecular weight excluding hydrogens is 284 g/mol. The van der Waals surface area contributed by atoms with Gasteiger partial charge in [-0.05, 0) is 57.2 Å². The second-order valence-electron chi connectivity index (χ2n) is 5.20. The molecule has 1 N–H and O–H groups in total. The number of halogens is 1. The molecule has 2 rings (SSSR count). The van der Waals surface area contributed by atoms with Gasteiger partial charge in [0.25, 0.3) is 0 Å². The van der Waals surface area contributed by atoms with Gasteiger partial charge in [-0.15, -0.1) is 12.4 Å². The van der Waals surface area contributed by atoms with E-state index in [1.807, 2.05) is 32.0 Å². The Morgan fingerprint density at radius 1 is 1.43 bits per heavy atom. The first-order valence-corrected chi connectivity index (χ1v) is 6.94. The molecule has 1 aliphatic heterocycles. The first-order chi connectivity index (χ1) is 12.3. The number of rotatable bonds is 4. The summed E-state index contributed by atoms with van der Waals surface area (Å²) >= 11 is 0. The molecule has 0 radical (unpaired) electrons. The molecule has 0 unspecified atom stereocenters. The van der Waals surface area contributed by atoms with Gasteiger partial charge in [-0.1, -0.05) is 31.5 Å². The summed E-state index contributed by atoms with van der Waals surface area (Å²) in [6.07, 6.45) is -1.51. The first-order valence-electron chi connectivity index (χ1n) is 10.4. The summed E-state index contributed by atoms with van der Waals surface area (Å²) < 4.78 is 54.5. The third-order valence-electron chi connectivity index (χ3n) is 3.73. The van der Waals surface area contributed by atoms with Crippen LogP contribution in [-0.2, 0) is 4.79 Å². The van der Waals surface area contributed by atoms with Crippen molar-refractivity contribution in [3.63, 3.8) is 0 Å². The highest BCUT2D eigenvalue weighted by molar-refractivity contribution is 5.96. The fraction of sp³-hybridized carbons (Fsp3) is 0.588. The first kappa shape index (κ1) is 9.86. The van der Waals surface area contributed by atoms with Gasteiger partial charge >= 0.3 is 0 Å². The van der Waals surface area contributed by atoms with Gasteiger partial charge in [0.05, 0.1) is 6.04 Å². The predicted molar refractivity (Wildman–Crippen MR) is 91.3 cm³/mol. The molecular formula is C17H27ClN2O. The molecule has 0 bridgehead atoms. The zero-order chi connectivity index (χ0) is 20.6. The van der Waals surface area contributed by atoms with Crippen molar-refractivity contribution < 1.29 is 14.4 Å². The Bertz CT molecular complexity index is 689. The summed E-state index contributed by atoms with van der Waals surface area (Å²) in [7, 11) is 0. The highest BCUT2D eigenvalue weighted by atomic mass is 35.5. The third kappa shape index (κ3) is 4.45. The van der Waals surface area contributed by atoms with Crippen LogP contribution in [0.4, 0.5) is 5.69 Å². The number of para-hydroxylation sites is 1. The second-order valence-corrected chi connectivity index (χ2v) is 5.20. The highest BCUT2D eigenvalue weighted by Gasteiger charge is 2.28. The minimum absolute atomic E-state index is 0. The molecule has 0 saturated carbocycles. The molecule has 1 aliphatic rings. The van der Waals surface area contributed by atoms with Crippen LogP contribution in [0.1, 0.15) is 53.2 Å². The number of piperidine rings is 1. The normalized spacial score (nSPS) is 25.8. The zero-order valence-electron chi connectivity index (χ0n) is 19.4. The van der Waals surface area contributed by atoms with Crippen LogP contribution in [0.25, 0.3) is 0 Å². The van der Waals surface area contributed by atoms with E-state index in [2.05, 4.69) is 5.32 Å². The topological polar surface area (TPSA) is 32.3 Å². The van der Waals surface area contributed by atoms with Crippen LogP contribution in [0.5, 0.6) is 0 Å². The standard InChI is InChI=1S/C17H26N2O.ClH/c1-4-11-19-12-6-5-10-15(19)17(20)18-16-13(2)8-7-9-14(16)3;/h7-9,15H,4-6,10-12H2,1-3H3,(H,18,20);1H/t15-;/m1./s1/i1D3,4D2,11D2;. The number of hydrogen-bond acceptors (Lipinski definition) is 2. The van der Waals surface area contributed by atoms with Crippen LogP contribution in [0.3, 0.4) is 0 Å². The molecule has 0 aliphatic carbocycles. The number of carbonyl (C=O) groups is 1. The lowest BCUT2D eigenvalue weighted by Crippen LogP contribution is -2.47. The van der Waals surface area contributed by atoms with Gasteiger partial charge in [0.2, 0.25) is 5.91 Å². The zero-order valence-corrected chi connectivity index (χ0v) is 13.2. The van der Waals surface area contributed by atoms with Crippen molar-refractivity contribution in [2.45, 2.75) is 52.4 Å². The lowest BCUT2D eigenvalue weighted by Gasteiger charge is -2.34. The van der Waals surface area contributed by atoms with Crippen LogP contribution < -0.4 is 5.32 Å². The van der Waals surface area contributed by atoms with E-state index in [9.17, 15) is 4.79 Å². The fourth-order valence-electron chi connectivity index (χ4n) is 2.63. The van der Waals surface area contributed by atoms with Crippen LogP contribution in [0.15, 0.2) is 18.2 Å². The summed E-state index contributed by atoms with van der Waals surface area (Å²) in [4.78, 5) is 14.0. The number of aryl methyl sites for hydroxylation is 2. The van der Waals surface area contributed by atoms with Crippen LogP contribution >= 0.6 is 12.4 Å². The summed E-state index contributed by atoms with van der Waals surface area (Å²) in [5.74, 6) is -0.447. The van der Waals surface area contributed by atoms with E-state index in [4.69, 9.17) is 9.60 Å². The summed E-state index contributed by atoms with van der Waals surface area (Å²) in [6.45, 7) is -2.14. The molecule has 1 heterocycles. The molecule has 0 spiro atoms. The molecule has 1 amide bonds. The average molecular weight is 318 g/mol. The third-order valence-corrected chi connectivity index (χ3v) is 3.73. The van der Waals surface area contributed by atoms with Crippen LogP contribution in [0.2, 0.25) is 0 Å². The van der Waals surface area contributed by atoms with Gasteiger partial charge in [-0.3, -0.25) is 9.69 Å². The molecule has 3 nitrogen and oxygen atoms in total. The van der Waals surface area contributed by atoms with Gasteiger partial charge in [0.1, 0.15) is 0 Å². The number of carbonyl (C=O) groups excluding carboxylic acids is 1. The van der Waals surface area contributed by atoms with Gasteiger partial charge in [0.15, 0.2) is 0 Å². The van der Waals surface area contributed by atoms with Gasteiger partial charge in [-0.2, -0.15) is 0 Å². The number of likely N-dealkylation sites (tertiary alicyclic amines) is 1. The number of benzene rings is 1. The Morgan fingerprint density at radius 2 is 2.14 bits per heavy atom. The number of nitrogens with one attached hydrogen (secondary N) is 1. The Hall–Kier alpha value is -1.06. The van der Waals surface area contributed by atoms with E-state index in [1.54, 1.807) is 0 Å². The number of anilines is 1. The molecule has 1 fully saturated rings. The van der Waals surface area contributed by atoms with E-state index < -0.39 is 31.7 Å². The Balaban J connectivity index is 0.00000392. The molecule has 118 valence electrons. The van der Waals surface area contributed by atoms with Gasteiger partial charge < -0.3 is 5.32 Å². The van der Waals surface area contributed by atoms with Crippen LogP contribution in [-0.4, -0.2) is 29.9 Å². The summed E-state index contributed by atoms with van der Waals surface area (Å²) in [5, 5.41) is 2.83. The van der Waals surface area contributed by atoms with Crippen molar-refractivity contribution >= 4 is 24.0 Å². The van der Waals surface area contributed by atoms with E-state index >= 15 is 0 Å². The minimum Gasteiger partial charge on any atom is -0.324 e. The molecule has 1 aromatic rings. The van der Waals surface area contributed by atoms with Crippen molar-refractivity contribution in [2.75, 3.05) is 18.4 Å². The maximum Gasteiger partial charge on any atom is 0.241 e. The van der Waals surface area contributed by atoms with Gasteiger partial charge in [0, 0.05) is 15.3 Å². The van der Waals surface area contributed by atoms with Crippen molar-refractivity contribution in [3.8, 4) is 0 Å². The maximum absolute atomic E-state index is 12.9. The molecule has 4 heteroatoms. The lowest BCUT2D eigenvalue weighted by molar-refractivity contribution is -0.122. The maximum atomic E-state index is 12.9. The predicted octanol–water partition coefficient (Wildman–Crippen LogP) is 3.93. The summed E-state index contributed by atoms with van der Waals surface area (Å²) in [6, 6.07) is 4.64. The molecule has 1 aromatic carbocycles. The number of hydrogen-bond donors (Lipinski definition) is 1. The molecule has 21 heavy (non-hydrogen) atoms. The average Bonchev–Trinajstić information content (AvgIpc) is 2.57. The Labute approximate surface area is 144 Å². The van der Waals surface area contributed by atoms with Crippen molar-refractivity contribution in [3.05, 3.63) is 29.3 Å². The molecule has 1 atom stereocenters.